The van der Waals surface area contributed by atoms with Crippen LogP contribution in [0.2, 0.25) is 0 Å². The molecule has 0 spiro atoms. The number of carbonyl (C=O) groups excluding carboxylic acids is 1. The molecule has 1 rings (SSSR count). The summed E-state index contributed by atoms with van der Waals surface area (Å²) in [5.74, 6) is 0.551. The third-order valence-electron chi connectivity index (χ3n) is 3.21. The van der Waals surface area contributed by atoms with Gasteiger partial charge >= 0.3 is 0 Å². The minimum atomic E-state index is -0.764. The van der Waals surface area contributed by atoms with E-state index in [2.05, 4.69) is 33.0 Å². The molecular weight excluding hydrogens is 236 g/mol. The quantitative estimate of drug-likeness (QED) is 0.793. The van der Waals surface area contributed by atoms with Crippen LogP contribution in [-0.4, -0.2) is 12.5 Å². The van der Waals surface area contributed by atoms with Gasteiger partial charge in [0.1, 0.15) is 5.54 Å². The minimum absolute atomic E-state index is 0.298. The topological polar surface area (TPSA) is 55.1 Å². The Morgan fingerprint density at radius 1 is 1.16 bits per heavy atom. The van der Waals surface area contributed by atoms with Crippen molar-refractivity contribution in [2.24, 2.45) is 17.6 Å². The van der Waals surface area contributed by atoms with Gasteiger partial charge in [-0.2, -0.15) is 0 Å². The van der Waals surface area contributed by atoms with Crippen LogP contribution in [0.1, 0.15) is 39.7 Å². The van der Waals surface area contributed by atoms with Crippen LogP contribution >= 0.6 is 0 Å². The lowest BCUT2D eigenvalue weighted by Crippen LogP contribution is -2.54. The van der Waals surface area contributed by atoms with Crippen molar-refractivity contribution in [1.29, 1.82) is 0 Å². The number of benzene rings is 1. The summed E-state index contributed by atoms with van der Waals surface area (Å²) in [7, 11) is 0. The number of hydrogen-bond acceptors (Lipinski definition) is 2. The summed E-state index contributed by atoms with van der Waals surface area (Å²) in [4.78, 5) is 12.1. The third-order valence-corrected chi connectivity index (χ3v) is 3.21. The Bertz CT molecular complexity index is 400. The summed E-state index contributed by atoms with van der Waals surface area (Å²) in [5.41, 5.74) is 5.93. The number of amides is 1. The second kappa shape index (κ2) is 6.71. The highest BCUT2D eigenvalue weighted by atomic mass is 16.1. The van der Waals surface area contributed by atoms with E-state index in [-0.39, 0.29) is 5.91 Å². The van der Waals surface area contributed by atoms with E-state index in [4.69, 9.17) is 5.73 Å². The Morgan fingerprint density at radius 2 is 1.74 bits per heavy atom. The van der Waals surface area contributed by atoms with Crippen LogP contribution in [-0.2, 0) is 10.3 Å². The number of nitrogens with two attached hydrogens (primary N) is 1. The lowest BCUT2D eigenvalue weighted by atomic mass is 9.81. The molecule has 3 heteroatoms. The third kappa shape index (κ3) is 4.06. The van der Waals surface area contributed by atoms with Gasteiger partial charge in [0.05, 0.1) is 0 Å². The number of primary amides is 1. The van der Waals surface area contributed by atoms with Crippen molar-refractivity contribution in [2.45, 2.75) is 39.7 Å². The van der Waals surface area contributed by atoms with Crippen LogP contribution in [0.4, 0.5) is 0 Å². The van der Waals surface area contributed by atoms with Gasteiger partial charge in [0.25, 0.3) is 0 Å². The average Bonchev–Trinajstić information content (AvgIpc) is 2.34. The SMILES string of the molecule is CC(C)CNC(CC(C)C)(C(N)=O)c1ccccc1. The smallest absolute Gasteiger partial charge is 0.242 e. The maximum Gasteiger partial charge on any atom is 0.242 e. The van der Waals surface area contributed by atoms with Crippen LogP contribution in [0.15, 0.2) is 30.3 Å². The summed E-state index contributed by atoms with van der Waals surface area (Å²) in [6.45, 7) is 9.23. The van der Waals surface area contributed by atoms with E-state index in [0.717, 1.165) is 12.1 Å². The van der Waals surface area contributed by atoms with Gasteiger partial charge in [-0.3, -0.25) is 10.1 Å². The molecule has 0 radical (unpaired) electrons. The molecule has 0 aliphatic carbocycles. The molecule has 0 aromatic heterocycles. The molecule has 1 aromatic carbocycles. The molecule has 3 nitrogen and oxygen atoms in total. The molecule has 19 heavy (non-hydrogen) atoms. The van der Waals surface area contributed by atoms with Crippen molar-refractivity contribution < 1.29 is 4.79 Å². The fraction of sp³-hybridized carbons (Fsp3) is 0.562. The zero-order valence-corrected chi connectivity index (χ0v) is 12.4. The minimum Gasteiger partial charge on any atom is -0.368 e. The Morgan fingerprint density at radius 3 is 2.16 bits per heavy atom. The van der Waals surface area contributed by atoms with Gasteiger partial charge in [-0.15, -0.1) is 0 Å². The molecule has 1 amide bonds. The lowest BCUT2D eigenvalue weighted by molar-refractivity contribution is -0.125. The molecule has 0 aliphatic heterocycles. The van der Waals surface area contributed by atoms with E-state index in [1.807, 2.05) is 30.3 Å². The maximum atomic E-state index is 12.1. The largest absolute Gasteiger partial charge is 0.368 e. The van der Waals surface area contributed by atoms with E-state index in [1.54, 1.807) is 0 Å². The van der Waals surface area contributed by atoms with Crippen LogP contribution in [0, 0.1) is 11.8 Å². The summed E-state index contributed by atoms with van der Waals surface area (Å²) >= 11 is 0. The predicted octanol–water partition coefficient (Wildman–Crippen LogP) is 2.66. The molecule has 0 saturated heterocycles. The van der Waals surface area contributed by atoms with Crippen LogP contribution in [0.3, 0.4) is 0 Å². The van der Waals surface area contributed by atoms with Crippen molar-refractivity contribution in [2.75, 3.05) is 6.54 Å². The van der Waals surface area contributed by atoms with Gasteiger partial charge in [0.2, 0.25) is 5.91 Å². The first-order valence-corrected chi connectivity index (χ1v) is 6.99. The van der Waals surface area contributed by atoms with E-state index < -0.39 is 5.54 Å². The van der Waals surface area contributed by atoms with Crippen LogP contribution < -0.4 is 11.1 Å². The Hall–Kier alpha value is -1.35. The van der Waals surface area contributed by atoms with E-state index in [9.17, 15) is 4.79 Å². The Labute approximate surface area is 116 Å². The molecule has 3 N–H and O–H groups in total. The normalized spacial score (nSPS) is 14.6. The fourth-order valence-electron chi connectivity index (χ4n) is 2.34. The summed E-state index contributed by atoms with van der Waals surface area (Å²) in [5, 5.41) is 3.41. The predicted molar refractivity (Wildman–Crippen MR) is 79.6 cm³/mol. The molecule has 106 valence electrons. The lowest BCUT2D eigenvalue weighted by Gasteiger charge is -2.34. The summed E-state index contributed by atoms with van der Waals surface area (Å²) in [6, 6.07) is 9.79. The molecule has 1 aromatic rings. The Balaban J connectivity index is 3.15. The first-order chi connectivity index (χ1) is 8.88. The first kappa shape index (κ1) is 15.7. The highest BCUT2D eigenvalue weighted by molar-refractivity contribution is 5.86. The van der Waals surface area contributed by atoms with Crippen molar-refractivity contribution >= 4 is 5.91 Å². The van der Waals surface area contributed by atoms with Gasteiger partial charge in [-0.05, 0) is 30.4 Å². The van der Waals surface area contributed by atoms with Crippen LogP contribution in [0.25, 0.3) is 0 Å². The zero-order chi connectivity index (χ0) is 14.5. The Kier molecular flexibility index (Phi) is 5.55. The van der Waals surface area contributed by atoms with E-state index in [1.165, 1.54) is 0 Å². The van der Waals surface area contributed by atoms with Gasteiger partial charge in [0.15, 0.2) is 0 Å². The monoisotopic (exact) mass is 262 g/mol. The van der Waals surface area contributed by atoms with Crippen molar-refractivity contribution in [3.8, 4) is 0 Å². The second-order valence-corrected chi connectivity index (χ2v) is 6.01. The maximum absolute atomic E-state index is 12.1. The first-order valence-electron chi connectivity index (χ1n) is 6.99. The zero-order valence-electron chi connectivity index (χ0n) is 12.4. The highest BCUT2D eigenvalue weighted by Crippen LogP contribution is 2.29. The van der Waals surface area contributed by atoms with E-state index in [0.29, 0.717) is 18.3 Å². The standard InChI is InChI=1S/C16H26N2O/c1-12(2)10-16(15(17)19,18-11-13(3)4)14-8-6-5-7-9-14/h5-9,12-13,18H,10-11H2,1-4H3,(H2,17,19). The number of nitrogens with one attached hydrogen (secondary N) is 1. The van der Waals surface area contributed by atoms with Crippen LogP contribution in [0.5, 0.6) is 0 Å². The average molecular weight is 262 g/mol. The van der Waals surface area contributed by atoms with E-state index >= 15 is 0 Å². The van der Waals surface area contributed by atoms with Gasteiger partial charge < -0.3 is 5.73 Å². The van der Waals surface area contributed by atoms with Gasteiger partial charge in [-0.25, -0.2) is 0 Å². The molecule has 0 bridgehead atoms. The molecule has 1 atom stereocenters. The fourth-order valence-corrected chi connectivity index (χ4v) is 2.34. The summed E-state index contributed by atoms with van der Waals surface area (Å²) in [6.07, 6.45) is 0.707. The van der Waals surface area contributed by atoms with Crippen molar-refractivity contribution in [3.05, 3.63) is 35.9 Å². The van der Waals surface area contributed by atoms with Crippen molar-refractivity contribution in [1.82, 2.24) is 5.32 Å². The number of carbonyl (C=O) groups is 1. The molecule has 1 unspecified atom stereocenters. The van der Waals surface area contributed by atoms with Crippen molar-refractivity contribution in [3.63, 3.8) is 0 Å². The summed E-state index contributed by atoms with van der Waals surface area (Å²) < 4.78 is 0. The molecule has 0 aliphatic rings. The molecule has 0 fully saturated rings. The van der Waals surface area contributed by atoms with Gasteiger partial charge in [-0.1, -0.05) is 58.0 Å². The number of rotatable bonds is 7. The molecule has 0 saturated carbocycles. The molecule has 0 heterocycles. The highest BCUT2D eigenvalue weighted by Gasteiger charge is 2.38. The molecular formula is C16H26N2O. The number of hydrogen-bond donors (Lipinski definition) is 2. The second-order valence-electron chi connectivity index (χ2n) is 6.01. The van der Waals surface area contributed by atoms with Gasteiger partial charge in [0, 0.05) is 0 Å².